The Morgan fingerprint density at radius 1 is 1.29 bits per heavy atom. The van der Waals surface area contributed by atoms with Crippen LogP contribution in [0.3, 0.4) is 0 Å². The molecule has 116 valence electrons. The Labute approximate surface area is 125 Å². The summed E-state index contributed by atoms with van der Waals surface area (Å²) in [4.78, 5) is 2.42. The second-order valence-electron chi connectivity index (χ2n) is 5.45. The first-order valence-corrected chi connectivity index (χ1v) is 7.57. The molecule has 2 aliphatic rings. The van der Waals surface area contributed by atoms with Crippen molar-refractivity contribution in [1.82, 2.24) is 4.90 Å². The summed E-state index contributed by atoms with van der Waals surface area (Å²) in [5.41, 5.74) is 1.17. The smallest absolute Gasteiger partial charge is 0.165 e. The van der Waals surface area contributed by atoms with Crippen LogP contribution in [0.25, 0.3) is 0 Å². The van der Waals surface area contributed by atoms with Gasteiger partial charge in [-0.2, -0.15) is 0 Å². The van der Waals surface area contributed by atoms with Gasteiger partial charge in [-0.15, -0.1) is 0 Å². The Hall–Kier alpha value is -1.30. The molecule has 0 N–H and O–H groups in total. The molecule has 1 aromatic carbocycles. The fraction of sp³-hybridized carbons (Fsp3) is 0.625. The standard InChI is InChI=1S/C16H23NO4/c1-18-15-5-2-4-13-10-17(6-3-7-21-16(13)15)11-14-12-19-8-9-20-14/h2,4-5,14H,3,6-12H2,1H3/t14-/m1/s1. The van der Waals surface area contributed by atoms with E-state index in [1.807, 2.05) is 12.1 Å². The van der Waals surface area contributed by atoms with E-state index >= 15 is 0 Å². The number of ether oxygens (including phenoxy) is 4. The van der Waals surface area contributed by atoms with Crippen LogP contribution in [0.5, 0.6) is 11.5 Å². The van der Waals surface area contributed by atoms with Crippen LogP contribution in [0.4, 0.5) is 0 Å². The number of nitrogens with zero attached hydrogens (tertiary/aromatic N) is 1. The van der Waals surface area contributed by atoms with Crippen LogP contribution in [0.2, 0.25) is 0 Å². The summed E-state index contributed by atoms with van der Waals surface area (Å²) in [7, 11) is 1.68. The van der Waals surface area contributed by atoms with Crippen molar-refractivity contribution in [3.8, 4) is 11.5 Å². The SMILES string of the molecule is COc1cccc2c1OCCCN(C[C@@H]1COCCO1)C2. The van der Waals surface area contributed by atoms with Gasteiger partial charge in [-0.05, 0) is 12.5 Å². The molecule has 0 saturated carbocycles. The summed E-state index contributed by atoms with van der Waals surface area (Å²) in [6.07, 6.45) is 1.18. The first kappa shape index (κ1) is 14.6. The van der Waals surface area contributed by atoms with Gasteiger partial charge in [-0.3, -0.25) is 4.90 Å². The van der Waals surface area contributed by atoms with E-state index in [1.165, 1.54) is 5.56 Å². The zero-order valence-corrected chi connectivity index (χ0v) is 12.5. The second-order valence-corrected chi connectivity index (χ2v) is 5.45. The summed E-state index contributed by atoms with van der Waals surface area (Å²) in [5.74, 6) is 1.69. The van der Waals surface area contributed by atoms with Crippen molar-refractivity contribution in [2.45, 2.75) is 19.1 Å². The van der Waals surface area contributed by atoms with Crippen LogP contribution in [0.1, 0.15) is 12.0 Å². The summed E-state index contributed by atoms with van der Waals surface area (Å²) in [5, 5.41) is 0. The largest absolute Gasteiger partial charge is 0.493 e. The molecule has 1 aromatic rings. The van der Waals surface area contributed by atoms with Crippen LogP contribution in [0, 0.1) is 0 Å². The zero-order chi connectivity index (χ0) is 14.5. The van der Waals surface area contributed by atoms with Crippen LogP contribution >= 0.6 is 0 Å². The number of hydrogen-bond acceptors (Lipinski definition) is 5. The van der Waals surface area contributed by atoms with Gasteiger partial charge in [0.1, 0.15) is 0 Å². The van der Waals surface area contributed by atoms with Gasteiger partial charge in [0.25, 0.3) is 0 Å². The quantitative estimate of drug-likeness (QED) is 0.848. The Morgan fingerprint density at radius 3 is 3.05 bits per heavy atom. The van der Waals surface area contributed by atoms with Gasteiger partial charge in [-0.25, -0.2) is 0 Å². The van der Waals surface area contributed by atoms with Gasteiger partial charge in [0.2, 0.25) is 0 Å². The average Bonchev–Trinajstić information content (AvgIpc) is 2.50. The summed E-state index contributed by atoms with van der Waals surface area (Å²) < 4.78 is 22.5. The maximum atomic E-state index is 5.88. The van der Waals surface area contributed by atoms with Gasteiger partial charge in [0.05, 0.1) is 39.6 Å². The predicted octanol–water partition coefficient (Wildman–Crippen LogP) is 1.70. The molecule has 1 saturated heterocycles. The molecular weight excluding hydrogens is 270 g/mol. The lowest BCUT2D eigenvalue weighted by Gasteiger charge is -2.31. The van der Waals surface area contributed by atoms with Gasteiger partial charge in [-0.1, -0.05) is 12.1 Å². The van der Waals surface area contributed by atoms with Crippen molar-refractivity contribution < 1.29 is 18.9 Å². The van der Waals surface area contributed by atoms with E-state index in [0.29, 0.717) is 26.4 Å². The topological polar surface area (TPSA) is 40.2 Å². The average molecular weight is 293 g/mol. The lowest BCUT2D eigenvalue weighted by Crippen LogP contribution is -2.40. The van der Waals surface area contributed by atoms with Crippen molar-refractivity contribution >= 4 is 0 Å². The highest BCUT2D eigenvalue weighted by molar-refractivity contribution is 5.46. The van der Waals surface area contributed by atoms with Crippen molar-refractivity contribution in [2.75, 3.05) is 46.6 Å². The molecule has 0 amide bonds. The van der Waals surface area contributed by atoms with Crippen molar-refractivity contribution in [3.05, 3.63) is 23.8 Å². The fourth-order valence-electron chi connectivity index (χ4n) is 2.88. The molecule has 0 aliphatic carbocycles. The van der Waals surface area contributed by atoms with Gasteiger partial charge >= 0.3 is 0 Å². The number of rotatable bonds is 3. The third-order valence-electron chi connectivity index (χ3n) is 3.89. The minimum atomic E-state index is 0.174. The molecule has 2 heterocycles. The molecule has 2 aliphatic heterocycles. The molecule has 1 fully saturated rings. The lowest BCUT2D eigenvalue weighted by atomic mass is 10.1. The third-order valence-corrected chi connectivity index (χ3v) is 3.89. The monoisotopic (exact) mass is 293 g/mol. The van der Waals surface area contributed by atoms with Crippen molar-refractivity contribution in [1.29, 1.82) is 0 Å². The highest BCUT2D eigenvalue weighted by Crippen LogP contribution is 2.33. The third kappa shape index (κ3) is 3.67. The Kier molecular flexibility index (Phi) is 4.95. The van der Waals surface area contributed by atoms with E-state index in [0.717, 1.165) is 37.6 Å². The molecule has 0 radical (unpaired) electrons. The van der Waals surface area contributed by atoms with Gasteiger partial charge < -0.3 is 18.9 Å². The van der Waals surface area contributed by atoms with E-state index in [9.17, 15) is 0 Å². The molecule has 5 heteroatoms. The zero-order valence-electron chi connectivity index (χ0n) is 12.5. The predicted molar refractivity (Wildman–Crippen MR) is 78.9 cm³/mol. The highest BCUT2D eigenvalue weighted by Gasteiger charge is 2.22. The summed E-state index contributed by atoms with van der Waals surface area (Å²) in [6.45, 7) is 5.58. The molecule has 3 rings (SSSR count). The minimum absolute atomic E-state index is 0.174. The second kappa shape index (κ2) is 7.11. The Balaban J connectivity index is 1.71. The molecule has 0 unspecified atom stereocenters. The molecular formula is C16H23NO4. The number of para-hydroxylation sites is 1. The first-order chi connectivity index (χ1) is 10.4. The van der Waals surface area contributed by atoms with Crippen LogP contribution in [-0.4, -0.2) is 57.6 Å². The van der Waals surface area contributed by atoms with Gasteiger partial charge in [0, 0.05) is 25.2 Å². The van der Waals surface area contributed by atoms with E-state index in [2.05, 4.69) is 11.0 Å². The van der Waals surface area contributed by atoms with Crippen LogP contribution in [-0.2, 0) is 16.0 Å². The Bertz CT molecular complexity index is 460. The van der Waals surface area contributed by atoms with Crippen molar-refractivity contribution in [2.24, 2.45) is 0 Å². The fourth-order valence-corrected chi connectivity index (χ4v) is 2.88. The summed E-state index contributed by atoms with van der Waals surface area (Å²) in [6, 6.07) is 6.07. The molecule has 0 aromatic heterocycles. The summed E-state index contributed by atoms with van der Waals surface area (Å²) >= 11 is 0. The molecule has 21 heavy (non-hydrogen) atoms. The molecule has 5 nitrogen and oxygen atoms in total. The number of fused-ring (bicyclic) bond motifs is 1. The maximum absolute atomic E-state index is 5.88. The van der Waals surface area contributed by atoms with Crippen LogP contribution < -0.4 is 9.47 Å². The Morgan fingerprint density at radius 2 is 2.24 bits per heavy atom. The lowest BCUT2D eigenvalue weighted by molar-refractivity contribution is -0.0986. The molecule has 1 atom stereocenters. The van der Waals surface area contributed by atoms with E-state index in [4.69, 9.17) is 18.9 Å². The number of hydrogen-bond donors (Lipinski definition) is 0. The number of methoxy groups -OCH3 is 1. The van der Waals surface area contributed by atoms with Crippen molar-refractivity contribution in [3.63, 3.8) is 0 Å². The van der Waals surface area contributed by atoms with Gasteiger partial charge in [0.15, 0.2) is 11.5 Å². The van der Waals surface area contributed by atoms with E-state index in [-0.39, 0.29) is 6.10 Å². The normalized spacial score (nSPS) is 23.6. The first-order valence-electron chi connectivity index (χ1n) is 7.57. The van der Waals surface area contributed by atoms with E-state index in [1.54, 1.807) is 7.11 Å². The van der Waals surface area contributed by atoms with E-state index < -0.39 is 0 Å². The highest BCUT2D eigenvalue weighted by atomic mass is 16.6. The molecule has 0 spiro atoms. The maximum Gasteiger partial charge on any atom is 0.165 e. The minimum Gasteiger partial charge on any atom is -0.493 e. The number of benzene rings is 1. The van der Waals surface area contributed by atoms with Crippen LogP contribution in [0.15, 0.2) is 18.2 Å². The molecule has 0 bridgehead atoms.